The minimum absolute atomic E-state index is 0.233. The summed E-state index contributed by atoms with van der Waals surface area (Å²) in [7, 11) is 1.71. The molecule has 0 amide bonds. The van der Waals surface area contributed by atoms with E-state index in [1.165, 1.54) is 0 Å². The molecule has 0 bridgehead atoms. The van der Waals surface area contributed by atoms with E-state index in [9.17, 15) is 0 Å². The Balaban J connectivity index is 2.24. The van der Waals surface area contributed by atoms with Crippen molar-refractivity contribution in [1.82, 2.24) is 4.90 Å². The monoisotopic (exact) mass is 184 g/mol. The Morgan fingerprint density at radius 1 is 1.69 bits per heavy atom. The fraction of sp³-hybridized carbons (Fsp3) is 0.700. The lowest BCUT2D eigenvalue weighted by Gasteiger charge is -2.31. The van der Waals surface area contributed by atoms with E-state index in [4.69, 9.17) is 9.47 Å². The molecule has 0 aromatic carbocycles. The summed E-state index contributed by atoms with van der Waals surface area (Å²) in [4.78, 5) is 2.34. The lowest BCUT2D eigenvalue weighted by molar-refractivity contribution is -0.0580. The van der Waals surface area contributed by atoms with Crippen molar-refractivity contribution >= 4 is 0 Å². The number of hydrogen-bond donors (Lipinski definition) is 0. The average Bonchev–Trinajstić information content (AvgIpc) is 2.16. The maximum atomic E-state index is 5.52. The highest BCUT2D eigenvalue weighted by atomic mass is 16.5. The average molecular weight is 184 g/mol. The molecule has 0 aliphatic carbocycles. The molecule has 0 spiro atoms. The van der Waals surface area contributed by atoms with Gasteiger partial charge >= 0.3 is 0 Å². The Labute approximate surface area is 80.3 Å². The lowest BCUT2D eigenvalue weighted by Crippen LogP contribution is -2.44. The van der Waals surface area contributed by atoms with E-state index in [2.05, 4.69) is 17.9 Å². The molecule has 1 aliphatic rings. The lowest BCUT2D eigenvalue weighted by atomic mass is 10.3. The van der Waals surface area contributed by atoms with E-state index < -0.39 is 0 Å². The number of rotatable bonds is 4. The highest BCUT2D eigenvalue weighted by Gasteiger charge is 2.18. The van der Waals surface area contributed by atoms with Crippen LogP contribution in [0.5, 0.6) is 0 Å². The van der Waals surface area contributed by atoms with Gasteiger partial charge in [0.25, 0.3) is 0 Å². The summed E-state index contributed by atoms with van der Waals surface area (Å²) < 4.78 is 10.6. The first-order chi connectivity index (χ1) is 6.36. The highest BCUT2D eigenvalue weighted by Crippen LogP contribution is 2.04. The van der Waals surface area contributed by atoms with Gasteiger partial charge in [-0.3, -0.25) is 4.90 Å². The van der Waals surface area contributed by atoms with E-state index in [1.807, 2.05) is 6.08 Å². The summed E-state index contributed by atoms with van der Waals surface area (Å²) in [6, 6.07) is 0. The zero-order chi connectivity index (χ0) is 9.52. The SMILES string of the molecule is [CH2]/C=C/CN1CCOC(COC)C1. The summed E-state index contributed by atoms with van der Waals surface area (Å²) in [5, 5.41) is 0. The third-order valence-electron chi connectivity index (χ3n) is 2.11. The molecule has 0 saturated carbocycles. The van der Waals surface area contributed by atoms with Gasteiger partial charge in [-0.05, 0) is 6.92 Å². The summed E-state index contributed by atoms with van der Waals surface area (Å²) in [5.41, 5.74) is 0. The smallest absolute Gasteiger partial charge is 0.0935 e. The Hall–Kier alpha value is -0.380. The molecule has 0 N–H and O–H groups in total. The van der Waals surface area contributed by atoms with Crippen molar-refractivity contribution in [3.8, 4) is 0 Å². The molecule has 13 heavy (non-hydrogen) atoms. The van der Waals surface area contributed by atoms with Gasteiger partial charge in [-0.2, -0.15) is 0 Å². The van der Waals surface area contributed by atoms with Crippen molar-refractivity contribution in [3.63, 3.8) is 0 Å². The number of nitrogens with zero attached hydrogens (tertiary/aromatic N) is 1. The van der Waals surface area contributed by atoms with Crippen LogP contribution in [0.3, 0.4) is 0 Å². The van der Waals surface area contributed by atoms with Crippen LogP contribution in [0, 0.1) is 6.92 Å². The van der Waals surface area contributed by atoms with Crippen LogP contribution in [-0.2, 0) is 9.47 Å². The van der Waals surface area contributed by atoms with Crippen LogP contribution in [0.2, 0.25) is 0 Å². The predicted octanol–water partition coefficient (Wildman–Crippen LogP) is 0.724. The molecule has 3 heteroatoms. The fourth-order valence-electron chi connectivity index (χ4n) is 1.46. The van der Waals surface area contributed by atoms with Crippen LogP contribution in [0.25, 0.3) is 0 Å². The zero-order valence-electron chi connectivity index (χ0n) is 8.24. The molecule has 0 aromatic heterocycles. The van der Waals surface area contributed by atoms with Crippen molar-refractivity contribution in [2.45, 2.75) is 6.10 Å². The molecule has 1 fully saturated rings. The van der Waals surface area contributed by atoms with Gasteiger partial charge in [-0.25, -0.2) is 0 Å². The Bertz CT molecular complexity index is 157. The molecule has 1 atom stereocenters. The zero-order valence-corrected chi connectivity index (χ0v) is 8.24. The van der Waals surface area contributed by atoms with Gasteiger partial charge in [0.15, 0.2) is 0 Å². The van der Waals surface area contributed by atoms with Crippen molar-refractivity contribution in [1.29, 1.82) is 0 Å². The molecule has 1 aliphatic heterocycles. The van der Waals surface area contributed by atoms with Crippen molar-refractivity contribution in [2.24, 2.45) is 0 Å². The van der Waals surface area contributed by atoms with Crippen LogP contribution in [0.15, 0.2) is 12.2 Å². The van der Waals surface area contributed by atoms with Crippen molar-refractivity contribution in [3.05, 3.63) is 19.1 Å². The van der Waals surface area contributed by atoms with Gasteiger partial charge in [0, 0.05) is 26.7 Å². The first kappa shape index (κ1) is 10.7. The van der Waals surface area contributed by atoms with Gasteiger partial charge in [0.2, 0.25) is 0 Å². The standard InChI is InChI=1S/C10H18NO2/c1-3-4-5-11-6-7-13-10(8-11)9-12-2/h3-4,10H,1,5-9H2,2H3/b4-3+. The highest BCUT2D eigenvalue weighted by molar-refractivity contribution is 4.88. The van der Waals surface area contributed by atoms with Crippen LogP contribution in [0.4, 0.5) is 0 Å². The Kier molecular flexibility index (Phi) is 5.05. The first-order valence-corrected chi connectivity index (χ1v) is 4.64. The predicted molar refractivity (Wildman–Crippen MR) is 52.6 cm³/mol. The van der Waals surface area contributed by atoms with Crippen LogP contribution >= 0.6 is 0 Å². The van der Waals surface area contributed by atoms with Gasteiger partial charge in [-0.1, -0.05) is 12.2 Å². The summed E-state index contributed by atoms with van der Waals surface area (Å²) in [6.07, 6.45) is 4.13. The van der Waals surface area contributed by atoms with Gasteiger partial charge in [0.05, 0.1) is 19.3 Å². The Morgan fingerprint density at radius 3 is 3.23 bits per heavy atom. The molecule has 1 heterocycles. The van der Waals surface area contributed by atoms with Gasteiger partial charge in [-0.15, -0.1) is 0 Å². The van der Waals surface area contributed by atoms with Crippen LogP contribution in [-0.4, -0.2) is 51.0 Å². The maximum absolute atomic E-state index is 5.52. The van der Waals surface area contributed by atoms with E-state index in [0.717, 1.165) is 26.2 Å². The van der Waals surface area contributed by atoms with Crippen LogP contribution < -0.4 is 0 Å². The maximum Gasteiger partial charge on any atom is 0.0935 e. The molecule has 0 aromatic rings. The van der Waals surface area contributed by atoms with E-state index >= 15 is 0 Å². The van der Waals surface area contributed by atoms with E-state index in [0.29, 0.717) is 6.61 Å². The van der Waals surface area contributed by atoms with Crippen molar-refractivity contribution in [2.75, 3.05) is 40.0 Å². The number of hydrogen-bond acceptors (Lipinski definition) is 3. The van der Waals surface area contributed by atoms with Gasteiger partial charge < -0.3 is 9.47 Å². The molecule has 3 nitrogen and oxygen atoms in total. The number of methoxy groups -OCH3 is 1. The molecule has 1 unspecified atom stereocenters. The largest absolute Gasteiger partial charge is 0.382 e. The molecular weight excluding hydrogens is 166 g/mol. The molecule has 1 saturated heterocycles. The molecule has 1 rings (SSSR count). The number of ether oxygens (including phenoxy) is 2. The van der Waals surface area contributed by atoms with Crippen LogP contribution in [0.1, 0.15) is 0 Å². The van der Waals surface area contributed by atoms with E-state index in [1.54, 1.807) is 7.11 Å². The molecule has 1 radical (unpaired) electrons. The normalized spacial score (nSPS) is 25.5. The quantitative estimate of drug-likeness (QED) is 0.642. The second-order valence-electron chi connectivity index (χ2n) is 3.18. The minimum Gasteiger partial charge on any atom is -0.382 e. The summed E-state index contributed by atoms with van der Waals surface area (Å²) >= 11 is 0. The summed E-state index contributed by atoms with van der Waals surface area (Å²) in [5.74, 6) is 0. The first-order valence-electron chi connectivity index (χ1n) is 4.64. The van der Waals surface area contributed by atoms with Gasteiger partial charge in [0.1, 0.15) is 0 Å². The van der Waals surface area contributed by atoms with E-state index in [-0.39, 0.29) is 6.10 Å². The Morgan fingerprint density at radius 2 is 2.54 bits per heavy atom. The minimum atomic E-state index is 0.233. The second-order valence-corrected chi connectivity index (χ2v) is 3.18. The molecule has 75 valence electrons. The third kappa shape index (κ3) is 3.89. The molecular formula is C10H18NO2. The fourth-order valence-corrected chi connectivity index (χ4v) is 1.46. The number of allylic oxidation sites excluding steroid dienone is 1. The summed E-state index contributed by atoms with van der Waals surface area (Å²) in [6.45, 7) is 8.08. The van der Waals surface area contributed by atoms with Crippen molar-refractivity contribution < 1.29 is 9.47 Å². The second kappa shape index (κ2) is 6.13. The topological polar surface area (TPSA) is 21.7 Å². The number of morpholine rings is 1. The third-order valence-corrected chi connectivity index (χ3v) is 2.11.